The molecule has 0 unspecified atom stereocenters. The Labute approximate surface area is 143 Å². The van der Waals surface area contributed by atoms with Crippen molar-refractivity contribution in [3.63, 3.8) is 0 Å². The Bertz CT molecular complexity index is 491. The summed E-state index contributed by atoms with van der Waals surface area (Å²) in [7, 11) is 0. The summed E-state index contributed by atoms with van der Waals surface area (Å²) < 4.78 is 5.49. The van der Waals surface area contributed by atoms with Gasteiger partial charge in [0.05, 0.1) is 13.2 Å². The molecule has 2 heterocycles. The fourth-order valence-electron chi connectivity index (χ4n) is 4.08. The van der Waals surface area contributed by atoms with Gasteiger partial charge in [-0.05, 0) is 31.2 Å². The van der Waals surface area contributed by atoms with Crippen LogP contribution in [0.4, 0.5) is 0 Å². The van der Waals surface area contributed by atoms with E-state index in [-0.39, 0.29) is 17.5 Å². The smallest absolute Gasteiger partial charge is 0.222 e. The summed E-state index contributed by atoms with van der Waals surface area (Å²) in [6, 6.07) is 4.41. The van der Waals surface area contributed by atoms with Gasteiger partial charge < -0.3 is 10.1 Å². The number of nitrogens with zero attached hydrogens (tertiary/aromatic N) is 1. The van der Waals surface area contributed by atoms with Gasteiger partial charge in [0.2, 0.25) is 5.91 Å². The Morgan fingerprint density at radius 3 is 2.78 bits per heavy atom. The first-order valence-corrected chi connectivity index (χ1v) is 9.70. The third-order valence-electron chi connectivity index (χ3n) is 5.20. The maximum Gasteiger partial charge on any atom is 0.222 e. The molecule has 0 spiro atoms. The largest absolute Gasteiger partial charge is 0.379 e. The molecule has 3 rings (SSSR count). The maximum absolute atomic E-state index is 12.6. The second-order valence-corrected chi connectivity index (χ2v) is 7.99. The molecule has 2 fully saturated rings. The molecule has 5 heteroatoms. The van der Waals surface area contributed by atoms with E-state index in [9.17, 15) is 4.79 Å². The normalized spacial score (nSPS) is 22.8. The van der Waals surface area contributed by atoms with Crippen molar-refractivity contribution in [2.24, 2.45) is 0 Å². The monoisotopic (exact) mass is 336 g/mol. The van der Waals surface area contributed by atoms with Crippen LogP contribution >= 0.6 is 11.3 Å². The Hall–Kier alpha value is -0.910. The Morgan fingerprint density at radius 2 is 2.13 bits per heavy atom. The predicted molar refractivity (Wildman–Crippen MR) is 93.8 cm³/mol. The van der Waals surface area contributed by atoms with E-state index in [1.54, 1.807) is 11.3 Å². The molecule has 4 nitrogen and oxygen atoms in total. The van der Waals surface area contributed by atoms with Crippen molar-refractivity contribution in [3.8, 4) is 0 Å². The van der Waals surface area contributed by atoms with Gasteiger partial charge in [-0.3, -0.25) is 9.69 Å². The van der Waals surface area contributed by atoms with Crippen LogP contribution in [-0.2, 0) is 16.0 Å². The minimum Gasteiger partial charge on any atom is -0.379 e. The zero-order chi connectivity index (χ0) is 16.1. The van der Waals surface area contributed by atoms with E-state index in [1.807, 2.05) is 0 Å². The molecule has 1 aromatic rings. The standard InChI is InChI=1S/C18H28N2O2S/c1-15(13-16-5-4-12-23-16)19-17(21)14-18(6-2-3-7-18)20-8-10-22-11-9-20/h4-5,12,15H,2-3,6-11,13-14H2,1H3,(H,19,21)/t15-/m1/s1. The molecule has 0 radical (unpaired) electrons. The SMILES string of the molecule is C[C@H](Cc1cccs1)NC(=O)CC1(N2CCOCC2)CCCC1. The van der Waals surface area contributed by atoms with Crippen LogP contribution in [0.3, 0.4) is 0 Å². The van der Waals surface area contributed by atoms with E-state index >= 15 is 0 Å². The molecule has 1 aliphatic carbocycles. The first kappa shape index (κ1) is 16.9. The molecule has 23 heavy (non-hydrogen) atoms. The van der Waals surface area contributed by atoms with Gasteiger partial charge in [-0.2, -0.15) is 0 Å². The summed E-state index contributed by atoms with van der Waals surface area (Å²) in [4.78, 5) is 16.5. The van der Waals surface area contributed by atoms with Gasteiger partial charge >= 0.3 is 0 Å². The van der Waals surface area contributed by atoms with Gasteiger partial charge in [-0.25, -0.2) is 0 Å². The minimum absolute atomic E-state index is 0.0799. The van der Waals surface area contributed by atoms with Gasteiger partial charge in [0.15, 0.2) is 0 Å². The van der Waals surface area contributed by atoms with E-state index in [0.29, 0.717) is 6.42 Å². The third-order valence-corrected chi connectivity index (χ3v) is 6.10. The van der Waals surface area contributed by atoms with E-state index < -0.39 is 0 Å². The lowest BCUT2D eigenvalue weighted by Gasteiger charge is -2.43. The van der Waals surface area contributed by atoms with Crippen LogP contribution in [0, 0.1) is 0 Å². The van der Waals surface area contributed by atoms with Crippen LogP contribution in [0.25, 0.3) is 0 Å². The lowest BCUT2D eigenvalue weighted by molar-refractivity contribution is -0.126. The molecule has 1 saturated carbocycles. The Kier molecular flexibility index (Phi) is 5.72. The number of rotatable bonds is 6. The first-order valence-electron chi connectivity index (χ1n) is 8.82. The van der Waals surface area contributed by atoms with Gasteiger partial charge in [-0.1, -0.05) is 18.9 Å². The van der Waals surface area contributed by atoms with E-state index in [2.05, 4.69) is 34.7 Å². The highest BCUT2D eigenvalue weighted by molar-refractivity contribution is 7.09. The molecule has 1 atom stereocenters. The quantitative estimate of drug-likeness (QED) is 0.868. The molecule has 128 valence electrons. The molecular weight excluding hydrogens is 308 g/mol. The Morgan fingerprint density at radius 1 is 1.39 bits per heavy atom. The zero-order valence-electron chi connectivity index (χ0n) is 14.1. The summed E-state index contributed by atoms with van der Waals surface area (Å²) in [6.45, 7) is 5.65. The first-order chi connectivity index (χ1) is 11.2. The molecule has 1 saturated heterocycles. The number of carbonyl (C=O) groups excluding carboxylic acids is 1. The van der Waals surface area contributed by atoms with Crippen molar-refractivity contribution in [2.45, 2.75) is 57.0 Å². The predicted octanol–water partition coefficient (Wildman–Crippen LogP) is 2.83. The fourth-order valence-corrected chi connectivity index (χ4v) is 4.92. The van der Waals surface area contributed by atoms with Crippen molar-refractivity contribution < 1.29 is 9.53 Å². The van der Waals surface area contributed by atoms with Crippen molar-refractivity contribution in [1.82, 2.24) is 10.2 Å². The number of thiophene rings is 1. The number of amides is 1. The Balaban J connectivity index is 1.55. The second kappa shape index (κ2) is 7.77. The van der Waals surface area contributed by atoms with Gasteiger partial charge in [0, 0.05) is 42.4 Å². The average Bonchev–Trinajstić information content (AvgIpc) is 3.20. The number of morpholine rings is 1. The minimum atomic E-state index is 0.0799. The average molecular weight is 337 g/mol. The van der Waals surface area contributed by atoms with E-state index in [1.165, 1.54) is 17.7 Å². The molecule has 1 N–H and O–H groups in total. The third kappa shape index (κ3) is 4.34. The second-order valence-electron chi connectivity index (χ2n) is 6.96. The van der Waals surface area contributed by atoms with Crippen LogP contribution in [0.1, 0.15) is 43.9 Å². The van der Waals surface area contributed by atoms with E-state index in [0.717, 1.165) is 45.6 Å². The summed E-state index contributed by atoms with van der Waals surface area (Å²) in [6.07, 6.45) is 6.36. The molecule has 1 amide bonds. The van der Waals surface area contributed by atoms with Gasteiger partial charge in [0.25, 0.3) is 0 Å². The molecule has 2 aliphatic rings. The van der Waals surface area contributed by atoms with Crippen molar-refractivity contribution in [3.05, 3.63) is 22.4 Å². The number of carbonyl (C=O) groups is 1. The number of nitrogens with one attached hydrogen (secondary N) is 1. The molecule has 0 bridgehead atoms. The highest BCUT2D eigenvalue weighted by atomic mass is 32.1. The number of ether oxygens (including phenoxy) is 1. The van der Waals surface area contributed by atoms with Crippen LogP contribution in [-0.4, -0.2) is 48.7 Å². The fraction of sp³-hybridized carbons (Fsp3) is 0.722. The van der Waals surface area contributed by atoms with Crippen molar-refractivity contribution in [2.75, 3.05) is 26.3 Å². The number of hydrogen-bond donors (Lipinski definition) is 1. The summed E-state index contributed by atoms with van der Waals surface area (Å²) in [5.74, 6) is 0.211. The highest BCUT2D eigenvalue weighted by Crippen LogP contribution is 2.38. The lowest BCUT2D eigenvalue weighted by Crippen LogP contribution is -2.54. The van der Waals surface area contributed by atoms with E-state index in [4.69, 9.17) is 4.74 Å². The van der Waals surface area contributed by atoms with Crippen LogP contribution in [0.5, 0.6) is 0 Å². The number of hydrogen-bond acceptors (Lipinski definition) is 4. The topological polar surface area (TPSA) is 41.6 Å². The molecule has 1 aromatic heterocycles. The lowest BCUT2D eigenvalue weighted by atomic mass is 9.89. The summed E-state index contributed by atoms with van der Waals surface area (Å²) >= 11 is 1.76. The van der Waals surface area contributed by atoms with Gasteiger partial charge in [0.1, 0.15) is 0 Å². The summed E-state index contributed by atoms with van der Waals surface area (Å²) in [5, 5.41) is 5.31. The highest BCUT2D eigenvalue weighted by Gasteiger charge is 2.41. The van der Waals surface area contributed by atoms with Crippen LogP contribution in [0.2, 0.25) is 0 Å². The van der Waals surface area contributed by atoms with Crippen molar-refractivity contribution >= 4 is 17.2 Å². The maximum atomic E-state index is 12.6. The van der Waals surface area contributed by atoms with Crippen molar-refractivity contribution in [1.29, 1.82) is 0 Å². The zero-order valence-corrected chi connectivity index (χ0v) is 14.9. The molecule has 0 aromatic carbocycles. The van der Waals surface area contributed by atoms with Crippen LogP contribution < -0.4 is 5.32 Å². The van der Waals surface area contributed by atoms with Crippen LogP contribution in [0.15, 0.2) is 17.5 Å². The summed E-state index contributed by atoms with van der Waals surface area (Å²) in [5.41, 5.74) is 0.0799. The molecule has 1 aliphatic heterocycles. The van der Waals surface area contributed by atoms with Gasteiger partial charge in [-0.15, -0.1) is 11.3 Å². The molecular formula is C18H28N2O2S.